The molecule has 15 heavy (non-hydrogen) atoms. The van der Waals surface area contributed by atoms with E-state index in [2.05, 4.69) is 6.92 Å². The van der Waals surface area contributed by atoms with Gasteiger partial charge in [-0.05, 0) is 51.0 Å². The maximum atomic E-state index is 10.7. The minimum Gasteiger partial charge on any atom is -0.466 e. The molecule has 1 aromatic rings. The zero-order valence-electron chi connectivity index (χ0n) is 9.63. The number of furan rings is 1. The summed E-state index contributed by atoms with van der Waals surface area (Å²) < 4.78 is 5.62. The molecule has 2 saturated carbocycles. The van der Waals surface area contributed by atoms with E-state index in [0.29, 0.717) is 11.8 Å². The number of rotatable bonds is 1. The van der Waals surface area contributed by atoms with Gasteiger partial charge in [-0.25, -0.2) is 0 Å². The van der Waals surface area contributed by atoms with Gasteiger partial charge in [-0.3, -0.25) is 0 Å². The summed E-state index contributed by atoms with van der Waals surface area (Å²) in [7, 11) is 0. The predicted molar refractivity (Wildman–Crippen MR) is 57.6 cm³/mol. The number of hydrogen-bond acceptors (Lipinski definition) is 2. The topological polar surface area (TPSA) is 33.4 Å². The van der Waals surface area contributed by atoms with Gasteiger partial charge in [0, 0.05) is 5.56 Å². The molecule has 2 aliphatic rings. The highest BCUT2D eigenvalue weighted by Crippen LogP contribution is 2.67. The number of fused-ring (bicyclic) bond motifs is 1. The maximum Gasteiger partial charge on any atom is 0.107 e. The first-order valence-corrected chi connectivity index (χ1v) is 5.86. The van der Waals surface area contributed by atoms with Crippen LogP contribution in [-0.4, -0.2) is 5.11 Å². The molecule has 3 rings (SSSR count). The van der Waals surface area contributed by atoms with Crippen LogP contribution in [0.15, 0.2) is 4.42 Å². The first kappa shape index (κ1) is 9.46. The summed E-state index contributed by atoms with van der Waals surface area (Å²) in [4.78, 5) is 0. The van der Waals surface area contributed by atoms with E-state index in [0.717, 1.165) is 22.6 Å². The predicted octanol–water partition coefficient (Wildman–Crippen LogP) is 2.82. The van der Waals surface area contributed by atoms with Gasteiger partial charge in [-0.15, -0.1) is 0 Å². The molecule has 0 amide bonds. The fourth-order valence-electron chi connectivity index (χ4n) is 3.67. The van der Waals surface area contributed by atoms with Gasteiger partial charge < -0.3 is 9.52 Å². The summed E-state index contributed by atoms with van der Waals surface area (Å²) in [5.41, 5.74) is 1.71. The lowest BCUT2D eigenvalue weighted by Gasteiger charge is -2.14. The summed E-state index contributed by atoms with van der Waals surface area (Å²) >= 11 is 0. The molecule has 2 heteroatoms. The van der Waals surface area contributed by atoms with Crippen molar-refractivity contribution in [2.24, 2.45) is 11.8 Å². The van der Waals surface area contributed by atoms with Crippen LogP contribution in [0.5, 0.6) is 0 Å². The lowest BCUT2D eigenvalue weighted by Crippen LogP contribution is -2.14. The van der Waals surface area contributed by atoms with Gasteiger partial charge in [-0.1, -0.05) is 6.42 Å². The molecular formula is C13H18O2. The summed E-state index contributed by atoms with van der Waals surface area (Å²) in [6.45, 7) is 6.02. The zero-order chi connectivity index (χ0) is 10.8. The molecule has 1 heterocycles. The first-order chi connectivity index (χ1) is 7.06. The Balaban J connectivity index is 2.07. The lowest BCUT2D eigenvalue weighted by molar-refractivity contribution is 0.103. The Kier molecular flexibility index (Phi) is 1.69. The molecule has 0 bridgehead atoms. The van der Waals surface area contributed by atoms with Crippen molar-refractivity contribution >= 4 is 0 Å². The first-order valence-electron chi connectivity index (χ1n) is 5.86. The molecular weight excluding hydrogens is 188 g/mol. The molecule has 1 aromatic heterocycles. The number of aliphatic hydroxyl groups is 1. The second-order valence-corrected chi connectivity index (χ2v) is 5.18. The molecule has 82 valence electrons. The second kappa shape index (κ2) is 2.67. The Labute approximate surface area is 90.3 Å². The van der Waals surface area contributed by atoms with Gasteiger partial charge in [0.2, 0.25) is 0 Å². The third-order valence-corrected chi connectivity index (χ3v) is 4.50. The molecule has 0 aromatic carbocycles. The molecule has 2 unspecified atom stereocenters. The Hall–Kier alpha value is -0.760. The van der Waals surface area contributed by atoms with Crippen LogP contribution >= 0.6 is 0 Å². The van der Waals surface area contributed by atoms with E-state index in [-0.39, 0.29) is 0 Å². The van der Waals surface area contributed by atoms with E-state index >= 15 is 0 Å². The van der Waals surface area contributed by atoms with Gasteiger partial charge in [0.25, 0.3) is 0 Å². The van der Waals surface area contributed by atoms with Crippen molar-refractivity contribution in [3.8, 4) is 0 Å². The average Bonchev–Trinajstić information content (AvgIpc) is 2.58. The molecule has 0 saturated heterocycles. The molecule has 1 N–H and O–H groups in total. The van der Waals surface area contributed by atoms with Crippen molar-refractivity contribution in [2.75, 3.05) is 0 Å². The smallest absolute Gasteiger partial charge is 0.107 e. The zero-order valence-corrected chi connectivity index (χ0v) is 9.63. The molecule has 0 radical (unpaired) electrons. The normalized spacial score (nSPS) is 38.1. The minimum atomic E-state index is -0.538. The van der Waals surface area contributed by atoms with Gasteiger partial charge in [0.1, 0.15) is 11.5 Å². The fraction of sp³-hybridized carbons (Fsp3) is 0.692. The largest absolute Gasteiger partial charge is 0.466 e. The van der Waals surface area contributed by atoms with E-state index in [1.165, 1.54) is 19.3 Å². The van der Waals surface area contributed by atoms with Gasteiger partial charge in [0.05, 0.1) is 5.60 Å². The van der Waals surface area contributed by atoms with Crippen LogP contribution in [-0.2, 0) is 5.60 Å². The van der Waals surface area contributed by atoms with Gasteiger partial charge in [-0.2, -0.15) is 0 Å². The van der Waals surface area contributed by atoms with Gasteiger partial charge in [0.15, 0.2) is 0 Å². The fourth-order valence-corrected chi connectivity index (χ4v) is 3.67. The quantitative estimate of drug-likeness (QED) is 0.766. The van der Waals surface area contributed by atoms with Crippen molar-refractivity contribution in [2.45, 2.75) is 45.6 Å². The van der Waals surface area contributed by atoms with Crippen molar-refractivity contribution in [3.63, 3.8) is 0 Å². The van der Waals surface area contributed by atoms with Crippen molar-refractivity contribution in [1.82, 2.24) is 0 Å². The molecule has 2 fully saturated rings. The second-order valence-electron chi connectivity index (χ2n) is 5.18. The highest BCUT2D eigenvalue weighted by molar-refractivity contribution is 5.43. The van der Waals surface area contributed by atoms with E-state index in [9.17, 15) is 5.11 Å². The van der Waals surface area contributed by atoms with Gasteiger partial charge >= 0.3 is 0 Å². The van der Waals surface area contributed by atoms with E-state index in [1.54, 1.807) is 0 Å². The monoisotopic (exact) mass is 206 g/mol. The Morgan fingerprint density at radius 1 is 1.13 bits per heavy atom. The highest BCUT2D eigenvalue weighted by atomic mass is 16.3. The standard InChI is InChI=1S/C13H18O2/c1-7-8(2)15-9(3)12(7)13(14)10-5-4-6-11(10)13/h10-11,14H,4-6H2,1-3H3. The van der Waals surface area contributed by atoms with Crippen LogP contribution in [0.2, 0.25) is 0 Å². The number of aryl methyl sites for hydroxylation is 2. The summed E-state index contributed by atoms with van der Waals surface area (Å²) in [5.74, 6) is 2.89. The summed E-state index contributed by atoms with van der Waals surface area (Å²) in [6, 6.07) is 0. The Morgan fingerprint density at radius 2 is 1.73 bits per heavy atom. The molecule has 2 aliphatic carbocycles. The van der Waals surface area contributed by atoms with Crippen molar-refractivity contribution in [3.05, 3.63) is 22.6 Å². The number of hydrogen-bond donors (Lipinski definition) is 1. The maximum absolute atomic E-state index is 10.7. The van der Waals surface area contributed by atoms with Crippen LogP contribution in [0.3, 0.4) is 0 Å². The van der Waals surface area contributed by atoms with Crippen LogP contribution in [0.25, 0.3) is 0 Å². The molecule has 2 atom stereocenters. The van der Waals surface area contributed by atoms with Crippen LogP contribution < -0.4 is 0 Å². The highest BCUT2D eigenvalue weighted by Gasteiger charge is 2.67. The lowest BCUT2D eigenvalue weighted by atomic mass is 9.96. The Bertz CT molecular complexity index is 406. The summed E-state index contributed by atoms with van der Waals surface area (Å²) in [5, 5.41) is 10.7. The van der Waals surface area contributed by atoms with Crippen molar-refractivity contribution in [1.29, 1.82) is 0 Å². The van der Waals surface area contributed by atoms with Crippen LogP contribution in [0.1, 0.15) is 41.9 Å². The van der Waals surface area contributed by atoms with E-state index in [4.69, 9.17) is 4.42 Å². The van der Waals surface area contributed by atoms with E-state index in [1.807, 2.05) is 13.8 Å². The molecule has 2 nitrogen and oxygen atoms in total. The van der Waals surface area contributed by atoms with Crippen LogP contribution in [0.4, 0.5) is 0 Å². The van der Waals surface area contributed by atoms with Crippen LogP contribution in [0, 0.1) is 32.6 Å². The third kappa shape index (κ3) is 0.984. The Morgan fingerprint density at radius 3 is 2.20 bits per heavy atom. The average molecular weight is 206 g/mol. The third-order valence-electron chi connectivity index (χ3n) is 4.50. The van der Waals surface area contributed by atoms with Crippen molar-refractivity contribution < 1.29 is 9.52 Å². The SMILES string of the molecule is Cc1oc(C)c(C2(O)C3CCCC32)c1C. The van der Waals surface area contributed by atoms with E-state index < -0.39 is 5.60 Å². The molecule has 0 spiro atoms. The molecule has 0 aliphatic heterocycles. The minimum absolute atomic E-state index is 0.506. The summed E-state index contributed by atoms with van der Waals surface area (Å²) in [6.07, 6.45) is 3.65.